The summed E-state index contributed by atoms with van der Waals surface area (Å²) in [6.07, 6.45) is 4.97. The Morgan fingerprint density at radius 1 is 1.12 bits per heavy atom. The molecule has 3 aromatic rings. The van der Waals surface area contributed by atoms with Crippen LogP contribution in [0, 0.1) is 0 Å². The van der Waals surface area contributed by atoms with Crippen molar-refractivity contribution in [3.63, 3.8) is 0 Å². The van der Waals surface area contributed by atoms with E-state index in [1.807, 2.05) is 24.3 Å². The quantitative estimate of drug-likeness (QED) is 0.217. The molecule has 0 saturated heterocycles. The Balaban J connectivity index is 1.53. The Hall–Kier alpha value is -1.48. The molecular weight excluding hydrogens is 507 g/mol. The van der Waals surface area contributed by atoms with Gasteiger partial charge in [-0.15, -0.1) is 34.4 Å². The van der Waals surface area contributed by atoms with Gasteiger partial charge in [0, 0.05) is 16.1 Å². The third-order valence-corrected chi connectivity index (χ3v) is 11.2. The van der Waals surface area contributed by atoms with Gasteiger partial charge in [-0.05, 0) is 62.6 Å². The first-order valence-corrected chi connectivity index (χ1v) is 16.0. The van der Waals surface area contributed by atoms with E-state index in [4.69, 9.17) is 14.0 Å². The molecule has 1 N–H and O–H groups in total. The van der Waals surface area contributed by atoms with Crippen LogP contribution in [0.1, 0.15) is 51.5 Å². The Bertz CT molecular complexity index is 1210. The van der Waals surface area contributed by atoms with Gasteiger partial charge in [0.1, 0.15) is 0 Å². The average Bonchev–Trinajstić information content (AvgIpc) is 3.41. The summed E-state index contributed by atoms with van der Waals surface area (Å²) in [5, 5.41) is 4.19. The first-order chi connectivity index (χ1) is 16.4. The second-order valence-corrected chi connectivity index (χ2v) is 13.1. The normalized spacial score (nSPS) is 12.9. The molecule has 6 nitrogen and oxygen atoms in total. The van der Waals surface area contributed by atoms with Gasteiger partial charge in [-0.25, -0.2) is 4.98 Å². The molecule has 0 bridgehead atoms. The highest BCUT2D eigenvalue weighted by Gasteiger charge is 2.30. The molecule has 1 aliphatic rings. The maximum atomic E-state index is 13.3. The first kappa shape index (κ1) is 25.6. The second-order valence-electron chi connectivity index (χ2n) is 7.76. The van der Waals surface area contributed by atoms with Crippen molar-refractivity contribution < 1.29 is 18.4 Å². The molecule has 0 fully saturated rings. The van der Waals surface area contributed by atoms with E-state index in [2.05, 4.69) is 18.5 Å². The topological polar surface area (TPSA) is 77.5 Å². The number of thiophene rings is 1. The van der Waals surface area contributed by atoms with Crippen LogP contribution in [0.4, 0.5) is 5.69 Å². The summed E-state index contributed by atoms with van der Waals surface area (Å²) in [6.45, 7) is 6.39. The van der Waals surface area contributed by atoms with E-state index < -0.39 is 7.60 Å². The minimum absolute atomic E-state index is 0.0991. The lowest BCUT2D eigenvalue weighted by atomic mass is 9.95. The van der Waals surface area contributed by atoms with Crippen molar-refractivity contribution in [2.24, 2.45) is 0 Å². The molecule has 0 unspecified atom stereocenters. The van der Waals surface area contributed by atoms with Crippen LogP contribution in [0.5, 0.6) is 0 Å². The number of carbonyl (C=O) groups excluding carboxylic acids is 1. The lowest BCUT2D eigenvalue weighted by Crippen LogP contribution is -2.14. The molecule has 0 aliphatic heterocycles. The number of hydrogen-bond donors (Lipinski definition) is 1. The number of nitrogens with one attached hydrogen (secondary N) is 1. The molecule has 1 amide bonds. The molecule has 1 aliphatic carbocycles. The highest BCUT2D eigenvalue weighted by Crippen LogP contribution is 2.51. The van der Waals surface area contributed by atoms with Crippen molar-refractivity contribution in [3.8, 4) is 11.3 Å². The fourth-order valence-corrected chi connectivity index (χ4v) is 8.73. The minimum atomic E-state index is -3.17. The van der Waals surface area contributed by atoms with Crippen molar-refractivity contribution in [1.82, 2.24) is 4.98 Å². The van der Waals surface area contributed by atoms with Crippen molar-refractivity contribution in [2.75, 3.05) is 24.8 Å². The summed E-state index contributed by atoms with van der Waals surface area (Å²) in [4.78, 5) is 20.2. The Morgan fingerprint density at radius 2 is 1.82 bits per heavy atom. The number of hydrogen-bond acceptors (Lipinski definition) is 8. The zero-order chi connectivity index (χ0) is 24.3. The molecule has 10 heteroatoms. The number of aryl methyl sites for hydroxylation is 2. The van der Waals surface area contributed by atoms with E-state index in [0.717, 1.165) is 55.7 Å². The Morgan fingerprint density at radius 3 is 2.44 bits per heavy atom. The van der Waals surface area contributed by atoms with Gasteiger partial charge < -0.3 is 14.4 Å². The van der Waals surface area contributed by atoms with Gasteiger partial charge >= 0.3 is 7.60 Å². The molecule has 4 rings (SSSR count). The summed E-state index contributed by atoms with van der Waals surface area (Å²) >= 11 is 5.02. The Kier molecular flexibility index (Phi) is 8.33. The maximum Gasteiger partial charge on any atom is 0.335 e. The zero-order valence-electron chi connectivity index (χ0n) is 19.8. The number of anilines is 1. The van der Waals surface area contributed by atoms with Gasteiger partial charge in [0.2, 0.25) is 0 Å². The maximum absolute atomic E-state index is 13.3. The fourth-order valence-electron chi connectivity index (χ4n) is 4.03. The van der Waals surface area contributed by atoms with Gasteiger partial charge in [0.15, 0.2) is 0 Å². The summed E-state index contributed by atoms with van der Waals surface area (Å²) in [6, 6.07) is 7.37. The number of aromatic nitrogens is 1. The molecule has 0 radical (unpaired) electrons. The minimum Gasteiger partial charge on any atom is -0.321 e. The van der Waals surface area contributed by atoms with Crippen molar-refractivity contribution in [1.29, 1.82) is 0 Å². The Labute approximate surface area is 213 Å². The van der Waals surface area contributed by atoms with E-state index in [9.17, 15) is 9.36 Å². The smallest absolute Gasteiger partial charge is 0.321 e. The monoisotopic (exact) mass is 536 g/mol. The number of nitrogens with zero attached hydrogens (tertiary/aromatic N) is 1. The molecule has 2 aromatic heterocycles. The van der Waals surface area contributed by atoms with Crippen LogP contribution in [0.3, 0.4) is 0 Å². The summed E-state index contributed by atoms with van der Waals surface area (Å²) in [7, 11) is -3.17. The van der Waals surface area contributed by atoms with Gasteiger partial charge in [0.05, 0.1) is 39.2 Å². The van der Waals surface area contributed by atoms with Crippen LogP contribution < -0.4 is 5.32 Å². The lowest BCUT2D eigenvalue weighted by Gasteiger charge is -2.17. The van der Waals surface area contributed by atoms with Crippen molar-refractivity contribution in [3.05, 3.63) is 50.2 Å². The van der Waals surface area contributed by atoms with E-state index in [-0.39, 0.29) is 12.1 Å². The van der Waals surface area contributed by atoms with E-state index in [0.29, 0.717) is 18.9 Å². The second kappa shape index (κ2) is 11.1. The molecule has 1 aromatic carbocycles. The number of thiazole rings is 1. The standard InChI is InChI=1S/C24H29N2O4PS3/c1-5-19-26-21-18(33-19)13-12-17-20(21)24(32-4)34-22(17)23(27)25-16-10-8-15(9-11-16)14-31(28,29-6-2)30-7-3/h8-11H,5-7,12-14H2,1-4H3,(H,25,27). The van der Waals surface area contributed by atoms with Crippen LogP contribution in [0.15, 0.2) is 28.5 Å². The average molecular weight is 537 g/mol. The van der Waals surface area contributed by atoms with E-state index in [1.165, 1.54) is 4.88 Å². The summed E-state index contributed by atoms with van der Waals surface area (Å²) in [5.41, 5.74) is 4.86. The van der Waals surface area contributed by atoms with Gasteiger partial charge in [0.25, 0.3) is 5.91 Å². The van der Waals surface area contributed by atoms with Crippen LogP contribution in [-0.2, 0) is 39.0 Å². The SMILES string of the molecule is CCOP(=O)(Cc1ccc(NC(=O)c2sc(SC)c3c2CCc2sc(CC)nc2-3)cc1)OCC. The lowest BCUT2D eigenvalue weighted by molar-refractivity contribution is 0.102. The van der Waals surface area contributed by atoms with Crippen molar-refractivity contribution >= 4 is 53.6 Å². The van der Waals surface area contributed by atoms with E-state index in [1.54, 1.807) is 48.3 Å². The molecule has 0 atom stereocenters. The highest BCUT2D eigenvalue weighted by atomic mass is 32.2. The summed E-state index contributed by atoms with van der Waals surface area (Å²) in [5.74, 6) is -0.0991. The van der Waals surface area contributed by atoms with Crippen molar-refractivity contribution in [2.45, 2.75) is 50.4 Å². The van der Waals surface area contributed by atoms with Gasteiger partial charge in [-0.3, -0.25) is 9.36 Å². The molecule has 34 heavy (non-hydrogen) atoms. The number of benzene rings is 1. The van der Waals surface area contributed by atoms with E-state index >= 15 is 0 Å². The number of fused-ring (bicyclic) bond motifs is 3. The molecule has 2 heterocycles. The predicted octanol–water partition coefficient (Wildman–Crippen LogP) is 7.27. The number of rotatable bonds is 10. The molecule has 182 valence electrons. The third kappa shape index (κ3) is 5.35. The zero-order valence-corrected chi connectivity index (χ0v) is 23.1. The van der Waals surface area contributed by atoms with Crippen LogP contribution in [0.25, 0.3) is 11.3 Å². The molecular formula is C24H29N2O4PS3. The number of carbonyl (C=O) groups is 1. The van der Waals surface area contributed by atoms with Gasteiger partial charge in [-0.2, -0.15) is 0 Å². The fraction of sp³-hybridized carbons (Fsp3) is 0.417. The number of thioether (sulfide) groups is 1. The van der Waals surface area contributed by atoms with Gasteiger partial charge in [-0.1, -0.05) is 19.1 Å². The number of amides is 1. The van der Waals surface area contributed by atoms with Crippen LogP contribution in [-0.4, -0.2) is 30.4 Å². The first-order valence-electron chi connectivity index (χ1n) is 11.4. The molecule has 0 spiro atoms. The predicted molar refractivity (Wildman–Crippen MR) is 143 cm³/mol. The summed E-state index contributed by atoms with van der Waals surface area (Å²) < 4.78 is 24.7. The third-order valence-electron chi connectivity index (χ3n) is 5.49. The largest absolute Gasteiger partial charge is 0.335 e. The highest BCUT2D eigenvalue weighted by molar-refractivity contribution is 8.00. The molecule has 0 saturated carbocycles. The van der Waals surface area contributed by atoms with Crippen LogP contribution >= 0.6 is 42.0 Å². The van der Waals surface area contributed by atoms with Crippen LogP contribution in [0.2, 0.25) is 0 Å².